The fraction of sp³-hybridized carbons (Fsp3) is 0.538. The van der Waals surface area contributed by atoms with Crippen LogP contribution in [0.5, 0.6) is 0 Å². The van der Waals surface area contributed by atoms with E-state index in [-0.39, 0.29) is 12.4 Å². The van der Waals surface area contributed by atoms with E-state index < -0.39 is 0 Å². The van der Waals surface area contributed by atoms with Gasteiger partial charge in [0, 0.05) is 13.7 Å². The second-order valence-electron chi connectivity index (χ2n) is 3.51. The summed E-state index contributed by atoms with van der Waals surface area (Å²) in [6, 6.07) is 10.0. The van der Waals surface area contributed by atoms with Crippen molar-refractivity contribution in [3.8, 4) is 0 Å². The molecular formula is C13H20O3. The van der Waals surface area contributed by atoms with Gasteiger partial charge in [0.1, 0.15) is 6.10 Å². The molecule has 0 aromatic heterocycles. The molecule has 0 N–H and O–H groups in total. The molecule has 2 atom stereocenters. The summed E-state index contributed by atoms with van der Waals surface area (Å²) in [5, 5.41) is 0. The summed E-state index contributed by atoms with van der Waals surface area (Å²) in [4.78, 5) is 0. The van der Waals surface area contributed by atoms with Gasteiger partial charge in [-0.2, -0.15) is 0 Å². The first-order chi connectivity index (χ1) is 7.77. The van der Waals surface area contributed by atoms with Crippen LogP contribution in [0.4, 0.5) is 0 Å². The van der Waals surface area contributed by atoms with E-state index in [4.69, 9.17) is 14.2 Å². The maximum Gasteiger partial charge on any atom is 0.155 e. The summed E-state index contributed by atoms with van der Waals surface area (Å²) >= 11 is 0. The Morgan fingerprint density at radius 1 is 1.19 bits per heavy atom. The molecule has 0 fully saturated rings. The molecule has 3 nitrogen and oxygen atoms in total. The minimum atomic E-state index is -0.217. The molecule has 1 aromatic rings. The van der Waals surface area contributed by atoms with Crippen LogP contribution in [0, 0.1) is 0 Å². The third kappa shape index (κ3) is 4.31. The molecule has 0 bridgehead atoms. The van der Waals surface area contributed by atoms with E-state index in [2.05, 4.69) is 0 Å². The van der Waals surface area contributed by atoms with Crippen LogP contribution in [0.2, 0.25) is 0 Å². The van der Waals surface area contributed by atoms with Gasteiger partial charge in [-0.3, -0.25) is 0 Å². The van der Waals surface area contributed by atoms with Crippen LogP contribution < -0.4 is 0 Å². The molecule has 0 spiro atoms. The molecule has 0 aliphatic carbocycles. The van der Waals surface area contributed by atoms with Gasteiger partial charge in [-0.15, -0.1) is 0 Å². The summed E-state index contributed by atoms with van der Waals surface area (Å²) in [7, 11) is 1.67. The van der Waals surface area contributed by atoms with Crippen LogP contribution in [0.3, 0.4) is 0 Å². The highest BCUT2D eigenvalue weighted by atomic mass is 16.7. The van der Waals surface area contributed by atoms with Crippen LogP contribution in [-0.4, -0.2) is 26.6 Å². The summed E-state index contributed by atoms with van der Waals surface area (Å²) in [5.74, 6) is 0. The molecule has 1 aromatic carbocycles. The van der Waals surface area contributed by atoms with Gasteiger partial charge in [-0.25, -0.2) is 0 Å². The van der Waals surface area contributed by atoms with Crippen molar-refractivity contribution in [2.24, 2.45) is 0 Å². The average Bonchev–Trinajstić information content (AvgIpc) is 2.30. The minimum Gasteiger partial charge on any atom is -0.382 e. The molecule has 1 rings (SSSR count). The molecule has 0 heterocycles. The zero-order valence-corrected chi connectivity index (χ0v) is 10.2. The van der Waals surface area contributed by atoms with Crippen molar-refractivity contribution in [1.82, 2.24) is 0 Å². The molecule has 0 aliphatic heterocycles. The first kappa shape index (κ1) is 13.2. The second-order valence-corrected chi connectivity index (χ2v) is 3.51. The first-order valence-corrected chi connectivity index (χ1v) is 5.58. The Kier molecular flexibility index (Phi) is 6.08. The van der Waals surface area contributed by atoms with Crippen molar-refractivity contribution in [3.63, 3.8) is 0 Å². The van der Waals surface area contributed by atoms with Crippen molar-refractivity contribution in [1.29, 1.82) is 0 Å². The van der Waals surface area contributed by atoms with Crippen LogP contribution in [0.1, 0.15) is 25.5 Å². The molecular weight excluding hydrogens is 204 g/mol. The van der Waals surface area contributed by atoms with E-state index in [0.717, 1.165) is 5.56 Å². The molecule has 0 amide bonds. The van der Waals surface area contributed by atoms with Crippen LogP contribution in [0.15, 0.2) is 30.3 Å². The maximum atomic E-state index is 5.77. The summed E-state index contributed by atoms with van der Waals surface area (Å²) in [5.41, 5.74) is 1.11. The zero-order valence-electron chi connectivity index (χ0n) is 10.2. The Labute approximate surface area is 97.3 Å². The second kappa shape index (κ2) is 7.39. The normalized spacial score (nSPS) is 14.7. The number of methoxy groups -OCH3 is 1. The quantitative estimate of drug-likeness (QED) is 0.666. The number of ether oxygens (including phenoxy) is 3. The topological polar surface area (TPSA) is 27.7 Å². The largest absolute Gasteiger partial charge is 0.382 e. The standard InChI is InChI=1S/C13H20O3/c1-4-15-11(2)16-13(10-14-3)12-8-6-5-7-9-12/h5-9,11,13H,4,10H2,1-3H3/t11?,13-/m1/s1. The predicted octanol–water partition coefficient (Wildman–Crippen LogP) is 2.77. The van der Waals surface area contributed by atoms with Gasteiger partial charge in [-0.05, 0) is 19.4 Å². The van der Waals surface area contributed by atoms with Crippen LogP contribution >= 0.6 is 0 Å². The van der Waals surface area contributed by atoms with Gasteiger partial charge < -0.3 is 14.2 Å². The fourth-order valence-corrected chi connectivity index (χ4v) is 1.54. The van der Waals surface area contributed by atoms with E-state index in [1.807, 2.05) is 44.2 Å². The maximum absolute atomic E-state index is 5.77. The Morgan fingerprint density at radius 2 is 1.88 bits per heavy atom. The third-order valence-corrected chi connectivity index (χ3v) is 2.25. The summed E-state index contributed by atoms with van der Waals surface area (Å²) < 4.78 is 16.3. The Hall–Kier alpha value is -0.900. The third-order valence-electron chi connectivity index (χ3n) is 2.25. The monoisotopic (exact) mass is 224 g/mol. The zero-order chi connectivity index (χ0) is 11.8. The minimum absolute atomic E-state index is 0.0762. The SMILES string of the molecule is CCOC(C)O[C@H](COC)c1ccccc1. The van der Waals surface area contributed by atoms with E-state index in [9.17, 15) is 0 Å². The highest BCUT2D eigenvalue weighted by molar-refractivity contribution is 5.17. The van der Waals surface area contributed by atoms with Gasteiger partial charge in [0.2, 0.25) is 0 Å². The molecule has 0 aliphatic rings. The lowest BCUT2D eigenvalue weighted by molar-refractivity contribution is -0.170. The van der Waals surface area contributed by atoms with Gasteiger partial charge >= 0.3 is 0 Å². The highest BCUT2D eigenvalue weighted by Gasteiger charge is 2.15. The smallest absolute Gasteiger partial charge is 0.155 e. The lowest BCUT2D eigenvalue weighted by Gasteiger charge is -2.22. The van der Waals surface area contributed by atoms with Crippen molar-refractivity contribution in [3.05, 3.63) is 35.9 Å². The van der Waals surface area contributed by atoms with Crippen molar-refractivity contribution in [2.45, 2.75) is 26.2 Å². The molecule has 0 radical (unpaired) electrons. The Morgan fingerprint density at radius 3 is 2.44 bits per heavy atom. The van der Waals surface area contributed by atoms with Gasteiger partial charge in [0.25, 0.3) is 0 Å². The lowest BCUT2D eigenvalue weighted by atomic mass is 10.1. The van der Waals surface area contributed by atoms with E-state index in [1.54, 1.807) is 7.11 Å². The van der Waals surface area contributed by atoms with E-state index in [1.165, 1.54) is 0 Å². The Bertz CT molecular complexity index is 274. The van der Waals surface area contributed by atoms with Crippen LogP contribution in [0.25, 0.3) is 0 Å². The number of hydrogen-bond donors (Lipinski definition) is 0. The van der Waals surface area contributed by atoms with Gasteiger partial charge in [-0.1, -0.05) is 30.3 Å². The lowest BCUT2D eigenvalue weighted by Crippen LogP contribution is -2.20. The van der Waals surface area contributed by atoms with Crippen LogP contribution in [-0.2, 0) is 14.2 Å². The summed E-state index contributed by atoms with van der Waals surface area (Å²) in [6.45, 7) is 5.03. The highest BCUT2D eigenvalue weighted by Crippen LogP contribution is 2.19. The number of benzene rings is 1. The van der Waals surface area contributed by atoms with Gasteiger partial charge in [0.05, 0.1) is 6.61 Å². The predicted molar refractivity (Wildman–Crippen MR) is 63.2 cm³/mol. The number of rotatable bonds is 7. The first-order valence-electron chi connectivity index (χ1n) is 5.58. The van der Waals surface area contributed by atoms with Gasteiger partial charge in [0.15, 0.2) is 6.29 Å². The van der Waals surface area contributed by atoms with Crippen molar-refractivity contribution < 1.29 is 14.2 Å². The van der Waals surface area contributed by atoms with E-state index in [0.29, 0.717) is 13.2 Å². The molecule has 3 heteroatoms. The average molecular weight is 224 g/mol. The summed E-state index contributed by atoms with van der Waals surface area (Å²) in [6.07, 6.45) is -0.293. The molecule has 0 saturated carbocycles. The molecule has 16 heavy (non-hydrogen) atoms. The number of hydrogen-bond acceptors (Lipinski definition) is 3. The van der Waals surface area contributed by atoms with Crippen molar-refractivity contribution in [2.75, 3.05) is 20.3 Å². The van der Waals surface area contributed by atoms with E-state index >= 15 is 0 Å². The molecule has 0 saturated heterocycles. The van der Waals surface area contributed by atoms with Crippen molar-refractivity contribution >= 4 is 0 Å². The Balaban J connectivity index is 2.60. The fourth-order valence-electron chi connectivity index (χ4n) is 1.54. The molecule has 90 valence electrons. The molecule has 1 unspecified atom stereocenters.